The molecule has 2 aliphatic heterocycles. The van der Waals surface area contributed by atoms with Crippen molar-refractivity contribution in [3.8, 4) is 0 Å². The molecule has 110 valence electrons. The van der Waals surface area contributed by atoms with E-state index in [4.69, 9.17) is 4.74 Å². The van der Waals surface area contributed by atoms with Crippen molar-refractivity contribution in [1.29, 1.82) is 0 Å². The Kier molecular flexibility index (Phi) is 4.06. The Morgan fingerprint density at radius 2 is 2.16 bits per heavy atom. The van der Waals surface area contributed by atoms with Crippen LogP contribution in [0.2, 0.25) is 0 Å². The van der Waals surface area contributed by atoms with Gasteiger partial charge in [-0.25, -0.2) is 4.79 Å². The molecule has 0 aromatic carbocycles. The van der Waals surface area contributed by atoms with Gasteiger partial charge < -0.3 is 4.74 Å². The smallest absolute Gasteiger partial charge is 0.401 e. The molecular formula is C12H19F3N2O2. The molecule has 19 heavy (non-hydrogen) atoms. The molecule has 2 saturated heterocycles. The zero-order chi connectivity index (χ0) is 14.1. The first-order chi connectivity index (χ1) is 8.89. The number of nitrogens with zero attached hydrogens (tertiary/aromatic N) is 1. The van der Waals surface area contributed by atoms with E-state index >= 15 is 0 Å². The Hall–Kier alpha value is -0.820. The number of ether oxygens (including phenoxy) is 1. The summed E-state index contributed by atoms with van der Waals surface area (Å²) in [6, 6.07) is -0.184. The quantitative estimate of drug-likeness (QED) is 0.791. The van der Waals surface area contributed by atoms with Gasteiger partial charge in [0, 0.05) is 12.6 Å². The van der Waals surface area contributed by atoms with Crippen LogP contribution >= 0.6 is 0 Å². The largest absolute Gasteiger partial charge is 0.468 e. The Morgan fingerprint density at radius 3 is 2.79 bits per heavy atom. The van der Waals surface area contributed by atoms with Crippen LogP contribution in [-0.2, 0) is 9.53 Å². The van der Waals surface area contributed by atoms with Gasteiger partial charge in [0.05, 0.1) is 13.7 Å². The van der Waals surface area contributed by atoms with Crippen LogP contribution in [0.15, 0.2) is 0 Å². The third kappa shape index (κ3) is 2.86. The molecule has 4 nitrogen and oxygen atoms in total. The summed E-state index contributed by atoms with van der Waals surface area (Å²) in [5.41, 5.74) is -1.20. The number of rotatable bonds is 3. The molecule has 2 aliphatic rings. The van der Waals surface area contributed by atoms with Gasteiger partial charge in [0.15, 0.2) is 0 Å². The number of hydrogen-bond acceptors (Lipinski definition) is 4. The number of carbonyl (C=O) groups excluding carboxylic acids is 1. The summed E-state index contributed by atoms with van der Waals surface area (Å²) in [5, 5.41) is 2.44. The van der Waals surface area contributed by atoms with Crippen LogP contribution < -0.4 is 5.32 Å². The minimum absolute atomic E-state index is 0.184. The van der Waals surface area contributed by atoms with Gasteiger partial charge in [0.25, 0.3) is 0 Å². The number of fused-ring (bicyclic) bond motifs is 1. The third-order valence-corrected chi connectivity index (χ3v) is 4.13. The second-order valence-electron chi connectivity index (χ2n) is 5.23. The first-order valence-electron chi connectivity index (χ1n) is 6.53. The Bertz CT molecular complexity index is 348. The number of methoxy groups -OCH3 is 1. The van der Waals surface area contributed by atoms with E-state index in [1.165, 1.54) is 7.11 Å². The molecular weight excluding hydrogens is 261 g/mol. The summed E-state index contributed by atoms with van der Waals surface area (Å²) in [6.45, 7) is 0.328. The lowest BCUT2D eigenvalue weighted by molar-refractivity contribution is -0.155. The van der Waals surface area contributed by atoms with E-state index < -0.39 is 24.2 Å². The number of piperidine rings is 1. The molecule has 1 N–H and O–H groups in total. The fraction of sp³-hybridized carbons (Fsp3) is 0.917. The van der Waals surface area contributed by atoms with Crippen molar-refractivity contribution >= 4 is 5.97 Å². The van der Waals surface area contributed by atoms with Gasteiger partial charge in [0.1, 0.15) is 5.54 Å². The van der Waals surface area contributed by atoms with Gasteiger partial charge >= 0.3 is 12.1 Å². The predicted octanol–water partition coefficient (Wildman–Crippen LogP) is 1.31. The Morgan fingerprint density at radius 1 is 1.42 bits per heavy atom. The summed E-state index contributed by atoms with van der Waals surface area (Å²) in [7, 11) is 1.23. The Balaban J connectivity index is 2.18. The van der Waals surface area contributed by atoms with Gasteiger partial charge in [-0.05, 0) is 25.8 Å². The van der Waals surface area contributed by atoms with E-state index in [0.29, 0.717) is 13.0 Å². The third-order valence-electron chi connectivity index (χ3n) is 4.13. The fourth-order valence-electron chi connectivity index (χ4n) is 3.26. The highest BCUT2D eigenvalue weighted by molar-refractivity contribution is 5.82. The zero-order valence-electron chi connectivity index (χ0n) is 10.9. The van der Waals surface area contributed by atoms with Crippen LogP contribution in [-0.4, -0.2) is 55.4 Å². The van der Waals surface area contributed by atoms with Crippen LogP contribution in [0.1, 0.15) is 25.7 Å². The van der Waals surface area contributed by atoms with E-state index in [9.17, 15) is 18.0 Å². The van der Waals surface area contributed by atoms with Crippen molar-refractivity contribution in [2.24, 2.45) is 0 Å². The molecule has 0 aromatic rings. The average molecular weight is 280 g/mol. The molecule has 2 rings (SSSR count). The summed E-state index contributed by atoms with van der Waals surface area (Å²) < 4.78 is 42.1. The number of alkyl halides is 3. The monoisotopic (exact) mass is 280 g/mol. The molecule has 2 unspecified atom stereocenters. The molecule has 0 radical (unpaired) electrons. The number of halogens is 3. The predicted molar refractivity (Wildman–Crippen MR) is 62.6 cm³/mol. The molecule has 0 amide bonds. The SMILES string of the molecule is COC(=O)C1(NCC(F)(F)F)CCN2CCCCC21. The van der Waals surface area contributed by atoms with Crippen LogP contribution in [0.25, 0.3) is 0 Å². The van der Waals surface area contributed by atoms with Gasteiger partial charge in [-0.3, -0.25) is 10.2 Å². The second kappa shape index (κ2) is 5.28. The summed E-state index contributed by atoms with van der Waals surface area (Å²) >= 11 is 0. The summed E-state index contributed by atoms with van der Waals surface area (Å²) in [4.78, 5) is 14.1. The number of hydrogen-bond donors (Lipinski definition) is 1. The lowest BCUT2D eigenvalue weighted by Gasteiger charge is -2.39. The maximum atomic E-state index is 12.4. The molecule has 7 heteroatoms. The van der Waals surface area contributed by atoms with E-state index in [-0.39, 0.29) is 6.04 Å². The van der Waals surface area contributed by atoms with E-state index in [1.807, 2.05) is 0 Å². The molecule has 2 fully saturated rings. The highest BCUT2D eigenvalue weighted by atomic mass is 19.4. The van der Waals surface area contributed by atoms with Crippen LogP contribution in [0.3, 0.4) is 0 Å². The molecule has 0 aliphatic carbocycles. The van der Waals surface area contributed by atoms with Crippen molar-refractivity contribution in [2.45, 2.75) is 43.4 Å². The number of nitrogens with one attached hydrogen (secondary N) is 1. The highest BCUT2D eigenvalue weighted by Gasteiger charge is 2.54. The van der Waals surface area contributed by atoms with E-state index in [1.54, 1.807) is 0 Å². The lowest BCUT2D eigenvalue weighted by atomic mass is 9.85. The van der Waals surface area contributed by atoms with E-state index in [2.05, 4.69) is 10.2 Å². The van der Waals surface area contributed by atoms with Crippen LogP contribution in [0, 0.1) is 0 Å². The number of carbonyl (C=O) groups is 1. The minimum Gasteiger partial charge on any atom is -0.468 e. The van der Waals surface area contributed by atoms with Gasteiger partial charge in [0.2, 0.25) is 0 Å². The summed E-state index contributed by atoms with van der Waals surface area (Å²) in [6.07, 6.45) is -1.25. The van der Waals surface area contributed by atoms with Crippen molar-refractivity contribution in [3.63, 3.8) is 0 Å². The Labute approximate surface area is 110 Å². The van der Waals surface area contributed by atoms with Crippen molar-refractivity contribution in [1.82, 2.24) is 10.2 Å². The van der Waals surface area contributed by atoms with Crippen molar-refractivity contribution in [2.75, 3.05) is 26.7 Å². The average Bonchev–Trinajstić information content (AvgIpc) is 2.75. The van der Waals surface area contributed by atoms with Crippen molar-refractivity contribution in [3.05, 3.63) is 0 Å². The molecule has 2 atom stereocenters. The lowest BCUT2D eigenvalue weighted by Crippen LogP contribution is -2.62. The van der Waals surface area contributed by atoms with Crippen molar-refractivity contribution < 1.29 is 22.7 Å². The molecule has 2 heterocycles. The van der Waals surface area contributed by atoms with Crippen LogP contribution in [0.4, 0.5) is 13.2 Å². The van der Waals surface area contributed by atoms with Gasteiger partial charge in [-0.1, -0.05) is 6.42 Å². The maximum Gasteiger partial charge on any atom is 0.401 e. The molecule has 0 saturated carbocycles. The van der Waals surface area contributed by atoms with E-state index in [0.717, 1.165) is 25.8 Å². The number of esters is 1. The maximum absolute atomic E-state index is 12.4. The first-order valence-corrected chi connectivity index (χ1v) is 6.53. The fourth-order valence-corrected chi connectivity index (χ4v) is 3.26. The zero-order valence-corrected chi connectivity index (χ0v) is 10.9. The highest BCUT2D eigenvalue weighted by Crippen LogP contribution is 2.36. The minimum atomic E-state index is -4.33. The molecule has 0 bridgehead atoms. The normalized spacial score (nSPS) is 32.1. The van der Waals surface area contributed by atoms with Crippen LogP contribution in [0.5, 0.6) is 0 Å². The standard InChI is InChI=1S/C12H19F3N2O2/c1-19-10(18)11(16-8-12(13,14)15)5-7-17-6-3-2-4-9(11)17/h9,16H,2-8H2,1H3. The molecule has 0 spiro atoms. The second-order valence-corrected chi connectivity index (χ2v) is 5.23. The summed E-state index contributed by atoms with van der Waals surface area (Å²) in [5.74, 6) is -0.578. The van der Waals surface area contributed by atoms with Gasteiger partial charge in [-0.2, -0.15) is 13.2 Å². The van der Waals surface area contributed by atoms with Gasteiger partial charge in [-0.15, -0.1) is 0 Å². The first kappa shape index (κ1) is 14.6. The topological polar surface area (TPSA) is 41.6 Å². The molecule has 0 aromatic heterocycles.